The van der Waals surface area contributed by atoms with Crippen molar-refractivity contribution in [1.29, 1.82) is 0 Å². The summed E-state index contributed by atoms with van der Waals surface area (Å²) in [5.41, 5.74) is -0.151. The summed E-state index contributed by atoms with van der Waals surface area (Å²) in [7, 11) is 0. The van der Waals surface area contributed by atoms with E-state index >= 15 is 0 Å². The molecule has 0 spiro atoms. The largest absolute Gasteiger partial charge is 0.492 e. The van der Waals surface area contributed by atoms with E-state index < -0.39 is 11.6 Å². The van der Waals surface area contributed by atoms with Gasteiger partial charge < -0.3 is 19.5 Å². The molecule has 28 heavy (non-hydrogen) atoms. The van der Waals surface area contributed by atoms with Gasteiger partial charge in [0.2, 0.25) is 0 Å². The predicted octanol–water partition coefficient (Wildman–Crippen LogP) is 4.68. The van der Waals surface area contributed by atoms with E-state index in [-0.39, 0.29) is 12.5 Å². The van der Waals surface area contributed by atoms with Crippen LogP contribution in [0, 0.1) is 11.8 Å². The van der Waals surface area contributed by atoms with Gasteiger partial charge in [0, 0.05) is 12.3 Å². The van der Waals surface area contributed by atoms with Crippen LogP contribution in [-0.2, 0) is 14.3 Å². The van der Waals surface area contributed by atoms with Crippen LogP contribution in [0.2, 0.25) is 0 Å². The van der Waals surface area contributed by atoms with E-state index in [4.69, 9.17) is 14.2 Å². The Morgan fingerprint density at radius 2 is 1.75 bits per heavy atom. The van der Waals surface area contributed by atoms with E-state index in [1.807, 2.05) is 34.6 Å². The molecule has 1 aromatic carbocycles. The Kier molecular flexibility index (Phi) is 9.46. The molecule has 0 aliphatic rings. The Morgan fingerprint density at radius 1 is 1.07 bits per heavy atom. The van der Waals surface area contributed by atoms with E-state index in [9.17, 15) is 9.59 Å². The second-order valence-electron chi connectivity index (χ2n) is 7.85. The fraction of sp³-hybridized carbons (Fsp3) is 0.636. The highest BCUT2D eigenvalue weighted by atomic mass is 16.5. The number of benzene rings is 1. The molecule has 158 valence electrons. The quantitative estimate of drug-likeness (QED) is 0.553. The Labute approximate surface area is 168 Å². The Balaban J connectivity index is 3.11. The van der Waals surface area contributed by atoms with Crippen molar-refractivity contribution in [3.8, 4) is 5.75 Å². The minimum Gasteiger partial charge on any atom is -0.492 e. The molecule has 6 nitrogen and oxygen atoms in total. The van der Waals surface area contributed by atoms with Crippen LogP contribution in [-0.4, -0.2) is 37.3 Å². The molecule has 1 rings (SSSR count). The zero-order valence-corrected chi connectivity index (χ0v) is 18.3. The highest BCUT2D eigenvalue weighted by molar-refractivity contribution is 5.99. The molecule has 0 aliphatic carbocycles. The van der Waals surface area contributed by atoms with E-state index in [0.29, 0.717) is 48.5 Å². The number of hydrogen-bond donors (Lipinski definition) is 1. The molecular weight excluding hydrogens is 358 g/mol. The van der Waals surface area contributed by atoms with Crippen molar-refractivity contribution < 1.29 is 23.8 Å². The molecule has 0 bridgehead atoms. The lowest BCUT2D eigenvalue weighted by Gasteiger charge is -2.30. The summed E-state index contributed by atoms with van der Waals surface area (Å²) in [6.45, 7) is 14.7. The number of esters is 1. The number of carbonyl (C=O) groups is 2. The Bertz CT molecular complexity index is 656. The molecule has 1 aromatic rings. The van der Waals surface area contributed by atoms with Crippen molar-refractivity contribution in [1.82, 2.24) is 0 Å². The minimum absolute atomic E-state index is 0.242. The second kappa shape index (κ2) is 11.1. The maximum absolute atomic E-state index is 12.9. The van der Waals surface area contributed by atoms with E-state index in [0.717, 1.165) is 0 Å². The van der Waals surface area contributed by atoms with Gasteiger partial charge in [-0.2, -0.15) is 0 Å². The number of hydrogen-bond acceptors (Lipinski definition) is 5. The number of carbonyl (C=O) groups excluding carboxylic acids is 2. The highest BCUT2D eigenvalue weighted by Gasteiger charge is 2.35. The molecule has 1 atom stereocenters. The fourth-order valence-corrected chi connectivity index (χ4v) is 2.94. The van der Waals surface area contributed by atoms with Gasteiger partial charge in [-0.05, 0) is 57.2 Å². The summed E-state index contributed by atoms with van der Waals surface area (Å²) in [5, 5.41) is 2.87. The molecule has 0 fully saturated rings. The van der Waals surface area contributed by atoms with E-state index in [1.54, 1.807) is 32.0 Å². The van der Waals surface area contributed by atoms with Gasteiger partial charge in [-0.25, -0.2) is 4.79 Å². The van der Waals surface area contributed by atoms with E-state index in [2.05, 4.69) is 5.32 Å². The second-order valence-corrected chi connectivity index (χ2v) is 7.85. The first-order chi connectivity index (χ1) is 13.1. The molecule has 0 heterocycles. The van der Waals surface area contributed by atoms with Crippen molar-refractivity contribution in [3.05, 3.63) is 23.8 Å². The van der Waals surface area contributed by atoms with Crippen molar-refractivity contribution in [3.63, 3.8) is 0 Å². The highest BCUT2D eigenvalue weighted by Crippen LogP contribution is 2.27. The number of amides is 1. The standard InChI is InChI=1S/C22H35NO5/c1-8-26-20(24)18-12-17(10-11-19(18)27-14-16(5)6)23-21(25)22(7,28-9-2)13-15(3)4/h10-12,15-16H,8-9,13-14H2,1-7H3,(H,23,25)/t22-/m0/s1. The summed E-state index contributed by atoms with van der Waals surface area (Å²) in [4.78, 5) is 25.2. The monoisotopic (exact) mass is 393 g/mol. The van der Waals surface area contributed by atoms with Crippen LogP contribution in [0.5, 0.6) is 5.75 Å². The van der Waals surface area contributed by atoms with Gasteiger partial charge in [0.1, 0.15) is 16.9 Å². The number of anilines is 1. The minimum atomic E-state index is -0.945. The summed E-state index contributed by atoms with van der Waals surface area (Å²) in [5.74, 6) is 0.335. The third-order valence-electron chi connectivity index (χ3n) is 4.05. The van der Waals surface area contributed by atoms with Gasteiger partial charge in [0.05, 0.1) is 13.2 Å². The third-order valence-corrected chi connectivity index (χ3v) is 4.05. The smallest absolute Gasteiger partial charge is 0.341 e. The van der Waals surface area contributed by atoms with Crippen LogP contribution in [0.4, 0.5) is 5.69 Å². The summed E-state index contributed by atoms with van der Waals surface area (Å²) < 4.78 is 16.6. The average molecular weight is 394 g/mol. The van der Waals surface area contributed by atoms with Crippen molar-refractivity contribution in [2.75, 3.05) is 25.1 Å². The first-order valence-electron chi connectivity index (χ1n) is 10.0. The molecule has 1 N–H and O–H groups in total. The maximum atomic E-state index is 12.9. The lowest BCUT2D eigenvalue weighted by Crippen LogP contribution is -2.44. The van der Waals surface area contributed by atoms with Crippen LogP contribution < -0.4 is 10.1 Å². The molecule has 6 heteroatoms. The molecular formula is C22H35NO5. The van der Waals surface area contributed by atoms with Gasteiger partial charge in [-0.15, -0.1) is 0 Å². The maximum Gasteiger partial charge on any atom is 0.341 e. The van der Waals surface area contributed by atoms with Crippen LogP contribution >= 0.6 is 0 Å². The fourth-order valence-electron chi connectivity index (χ4n) is 2.94. The molecule has 0 saturated carbocycles. The topological polar surface area (TPSA) is 73.9 Å². The van der Waals surface area contributed by atoms with Crippen LogP contribution in [0.3, 0.4) is 0 Å². The van der Waals surface area contributed by atoms with Gasteiger partial charge in [-0.3, -0.25) is 4.79 Å². The van der Waals surface area contributed by atoms with Gasteiger partial charge >= 0.3 is 5.97 Å². The van der Waals surface area contributed by atoms with Crippen molar-refractivity contribution in [2.24, 2.45) is 11.8 Å². The third kappa shape index (κ3) is 7.15. The lowest BCUT2D eigenvalue weighted by atomic mass is 9.93. The SMILES string of the molecule is CCOC(=O)c1cc(NC(=O)[C@](C)(CC(C)C)OCC)ccc1OCC(C)C. The van der Waals surface area contributed by atoms with Gasteiger partial charge in [0.25, 0.3) is 5.91 Å². The summed E-state index contributed by atoms with van der Waals surface area (Å²) in [6.07, 6.45) is 0.590. The van der Waals surface area contributed by atoms with Crippen molar-refractivity contribution in [2.45, 2.75) is 60.5 Å². The summed E-state index contributed by atoms with van der Waals surface area (Å²) >= 11 is 0. The Morgan fingerprint density at radius 3 is 2.29 bits per heavy atom. The van der Waals surface area contributed by atoms with Gasteiger partial charge in [0.15, 0.2) is 0 Å². The first kappa shape index (κ1) is 24.0. The number of nitrogens with one attached hydrogen (secondary N) is 1. The molecule has 1 amide bonds. The molecule has 0 aliphatic heterocycles. The molecule has 0 radical (unpaired) electrons. The molecule has 0 unspecified atom stereocenters. The van der Waals surface area contributed by atoms with Crippen LogP contribution in [0.15, 0.2) is 18.2 Å². The van der Waals surface area contributed by atoms with Crippen molar-refractivity contribution >= 4 is 17.6 Å². The van der Waals surface area contributed by atoms with Crippen LogP contribution in [0.1, 0.15) is 65.2 Å². The van der Waals surface area contributed by atoms with Gasteiger partial charge in [-0.1, -0.05) is 27.7 Å². The molecule has 0 saturated heterocycles. The van der Waals surface area contributed by atoms with E-state index in [1.165, 1.54) is 0 Å². The molecule has 0 aromatic heterocycles. The number of rotatable bonds is 11. The zero-order chi connectivity index (χ0) is 21.3. The van der Waals surface area contributed by atoms with Crippen LogP contribution in [0.25, 0.3) is 0 Å². The summed E-state index contributed by atoms with van der Waals surface area (Å²) in [6, 6.07) is 5.00. The Hall–Kier alpha value is -2.08. The predicted molar refractivity (Wildman–Crippen MR) is 111 cm³/mol. The normalized spacial score (nSPS) is 13.3. The zero-order valence-electron chi connectivity index (χ0n) is 18.3. The number of ether oxygens (including phenoxy) is 3. The average Bonchev–Trinajstić information content (AvgIpc) is 2.60. The first-order valence-corrected chi connectivity index (χ1v) is 10.0. The lowest BCUT2D eigenvalue weighted by molar-refractivity contribution is -0.140.